The largest absolute Gasteiger partial charge is 0.459 e. The van der Waals surface area contributed by atoms with Crippen molar-refractivity contribution in [2.45, 2.75) is 32.7 Å². The molecule has 3 rings (SSSR count). The van der Waals surface area contributed by atoms with E-state index >= 15 is 0 Å². The minimum atomic E-state index is 0. The summed E-state index contributed by atoms with van der Waals surface area (Å²) in [6, 6.07) is 10.00. The lowest BCUT2D eigenvalue weighted by atomic mass is 10.2. The summed E-state index contributed by atoms with van der Waals surface area (Å²) in [6.45, 7) is 5.84. The summed E-state index contributed by atoms with van der Waals surface area (Å²) >= 11 is 0. The van der Waals surface area contributed by atoms with Crippen molar-refractivity contribution < 1.29 is 9.21 Å². The summed E-state index contributed by atoms with van der Waals surface area (Å²) in [4.78, 5) is 18.1. The van der Waals surface area contributed by atoms with Crippen LogP contribution in [0, 0.1) is 0 Å². The molecule has 2 aromatic rings. The quantitative estimate of drug-likeness (QED) is 0.283. The number of fused-ring (bicyclic) bond motifs is 1. The minimum Gasteiger partial charge on any atom is -0.459 e. The number of furan rings is 1. The normalized spacial score (nSPS) is 14.6. The molecular weight excluding hydrogens is 443 g/mol. The molecule has 2 heterocycles. The van der Waals surface area contributed by atoms with Gasteiger partial charge in [0.25, 0.3) is 0 Å². The molecule has 142 valence electrons. The Kier molecular flexibility index (Phi) is 8.21. The van der Waals surface area contributed by atoms with Crippen LogP contribution in [0.2, 0.25) is 0 Å². The number of likely N-dealkylation sites (tertiary alicyclic amines) is 1. The van der Waals surface area contributed by atoms with Gasteiger partial charge in [0.2, 0.25) is 5.91 Å². The molecular formula is C19H27IN4O2. The molecule has 1 aliphatic rings. The number of nitrogens with one attached hydrogen (secondary N) is 2. The summed E-state index contributed by atoms with van der Waals surface area (Å²) in [5.41, 5.74) is 0.890. The lowest BCUT2D eigenvalue weighted by molar-refractivity contribution is -0.127. The molecule has 1 aromatic carbocycles. The Morgan fingerprint density at radius 1 is 1.31 bits per heavy atom. The Labute approximate surface area is 171 Å². The molecule has 7 heteroatoms. The molecule has 26 heavy (non-hydrogen) atoms. The number of hydrogen-bond acceptors (Lipinski definition) is 3. The Balaban J connectivity index is 0.00000243. The number of nitrogens with zero attached hydrogens (tertiary/aromatic N) is 2. The highest BCUT2D eigenvalue weighted by Crippen LogP contribution is 2.19. The van der Waals surface area contributed by atoms with E-state index in [1.807, 2.05) is 42.2 Å². The fourth-order valence-corrected chi connectivity index (χ4v) is 3.03. The number of carbonyl (C=O) groups excluding carboxylic acids is 1. The van der Waals surface area contributed by atoms with Crippen LogP contribution in [0.1, 0.15) is 31.9 Å². The Bertz CT molecular complexity index is 711. The van der Waals surface area contributed by atoms with Crippen molar-refractivity contribution in [1.82, 2.24) is 15.5 Å². The van der Waals surface area contributed by atoms with Gasteiger partial charge in [0.1, 0.15) is 17.9 Å². The van der Waals surface area contributed by atoms with Gasteiger partial charge in [0.05, 0.1) is 0 Å². The molecule has 0 spiro atoms. The van der Waals surface area contributed by atoms with Gasteiger partial charge in [-0.2, -0.15) is 0 Å². The van der Waals surface area contributed by atoms with Crippen LogP contribution in [-0.2, 0) is 11.3 Å². The second kappa shape index (κ2) is 10.4. The summed E-state index contributed by atoms with van der Waals surface area (Å²) in [7, 11) is 0. The molecule has 1 amide bonds. The lowest BCUT2D eigenvalue weighted by Crippen LogP contribution is -2.39. The van der Waals surface area contributed by atoms with Crippen LogP contribution < -0.4 is 10.6 Å². The molecule has 0 unspecified atom stereocenters. The zero-order valence-corrected chi connectivity index (χ0v) is 17.5. The van der Waals surface area contributed by atoms with Crippen LogP contribution in [0.15, 0.2) is 39.7 Å². The smallest absolute Gasteiger partial charge is 0.222 e. The fourth-order valence-electron chi connectivity index (χ4n) is 3.03. The van der Waals surface area contributed by atoms with Gasteiger partial charge in [0, 0.05) is 38.0 Å². The maximum atomic E-state index is 11.6. The highest BCUT2D eigenvalue weighted by molar-refractivity contribution is 14.0. The monoisotopic (exact) mass is 470 g/mol. The summed E-state index contributed by atoms with van der Waals surface area (Å²) in [6.07, 6.45) is 2.61. The van der Waals surface area contributed by atoms with Gasteiger partial charge in [-0.1, -0.05) is 18.2 Å². The van der Waals surface area contributed by atoms with Gasteiger partial charge < -0.3 is 20.0 Å². The SMILES string of the molecule is CCNC(=NCc1cc2ccccc2o1)NCCCN1CCCC1=O.I. The molecule has 0 bridgehead atoms. The number of carbonyl (C=O) groups is 1. The van der Waals surface area contributed by atoms with Crippen LogP contribution >= 0.6 is 24.0 Å². The first-order chi connectivity index (χ1) is 12.3. The van der Waals surface area contributed by atoms with Gasteiger partial charge >= 0.3 is 0 Å². The molecule has 1 saturated heterocycles. The van der Waals surface area contributed by atoms with Crippen LogP contribution in [0.25, 0.3) is 11.0 Å². The standard InChI is InChI=1S/C19H26N4O2.HI/c1-2-20-19(21-10-6-12-23-11-5-9-18(23)24)22-14-16-13-15-7-3-4-8-17(15)25-16;/h3-4,7-8,13H,2,5-6,9-12,14H2,1H3,(H2,20,21,22);1H. The predicted molar refractivity (Wildman–Crippen MR) is 115 cm³/mol. The van der Waals surface area contributed by atoms with E-state index in [-0.39, 0.29) is 29.9 Å². The average Bonchev–Trinajstić information content (AvgIpc) is 3.22. The molecule has 1 fully saturated rings. The predicted octanol–water partition coefficient (Wildman–Crippen LogP) is 3.12. The molecule has 0 saturated carbocycles. The zero-order valence-electron chi connectivity index (χ0n) is 15.2. The van der Waals surface area contributed by atoms with Crippen molar-refractivity contribution in [2.75, 3.05) is 26.2 Å². The Hall–Kier alpha value is -1.77. The van der Waals surface area contributed by atoms with Crippen molar-refractivity contribution in [3.8, 4) is 0 Å². The van der Waals surface area contributed by atoms with Gasteiger partial charge in [0.15, 0.2) is 5.96 Å². The third kappa shape index (κ3) is 5.62. The van der Waals surface area contributed by atoms with E-state index < -0.39 is 0 Å². The second-order valence-electron chi connectivity index (χ2n) is 6.21. The van der Waals surface area contributed by atoms with Crippen LogP contribution in [0.3, 0.4) is 0 Å². The van der Waals surface area contributed by atoms with E-state index in [4.69, 9.17) is 4.42 Å². The van der Waals surface area contributed by atoms with Crippen molar-refractivity contribution in [2.24, 2.45) is 4.99 Å². The maximum absolute atomic E-state index is 11.6. The van der Waals surface area contributed by atoms with E-state index in [1.165, 1.54) is 0 Å². The molecule has 1 aliphatic heterocycles. The number of para-hydroxylation sites is 1. The summed E-state index contributed by atoms with van der Waals surface area (Å²) in [5, 5.41) is 7.66. The van der Waals surface area contributed by atoms with Gasteiger partial charge in [-0.25, -0.2) is 4.99 Å². The molecule has 0 aliphatic carbocycles. The first-order valence-electron chi connectivity index (χ1n) is 9.03. The third-order valence-electron chi connectivity index (χ3n) is 4.28. The topological polar surface area (TPSA) is 69.9 Å². The van der Waals surface area contributed by atoms with Crippen molar-refractivity contribution >= 4 is 46.8 Å². The number of hydrogen-bond donors (Lipinski definition) is 2. The van der Waals surface area contributed by atoms with Crippen molar-refractivity contribution in [1.29, 1.82) is 0 Å². The molecule has 1 aromatic heterocycles. The fraction of sp³-hybridized carbons (Fsp3) is 0.474. The van der Waals surface area contributed by atoms with Crippen molar-refractivity contribution in [3.05, 3.63) is 36.1 Å². The number of rotatable bonds is 7. The summed E-state index contributed by atoms with van der Waals surface area (Å²) < 4.78 is 5.79. The first kappa shape index (κ1) is 20.5. The summed E-state index contributed by atoms with van der Waals surface area (Å²) in [5.74, 6) is 1.90. The van der Waals surface area contributed by atoms with Gasteiger partial charge in [-0.05, 0) is 31.9 Å². The van der Waals surface area contributed by atoms with E-state index in [0.717, 1.165) is 61.7 Å². The van der Waals surface area contributed by atoms with E-state index in [0.29, 0.717) is 13.0 Å². The number of guanidine groups is 1. The molecule has 2 N–H and O–H groups in total. The van der Waals surface area contributed by atoms with E-state index in [2.05, 4.69) is 15.6 Å². The van der Waals surface area contributed by atoms with Crippen LogP contribution in [0.5, 0.6) is 0 Å². The number of halogens is 1. The molecule has 0 atom stereocenters. The zero-order chi connectivity index (χ0) is 17.5. The highest BCUT2D eigenvalue weighted by Gasteiger charge is 2.18. The average molecular weight is 470 g/mol. The van der Waals surface area contributed by atoms with Crippen LogP contribution in [0.4, 0.5) is 0 Å². The second-order valence-corrected chi connectivity index (χ2v) is 6.21. The lowest BCUT2D eigenvalue weighted by Gasteiger charge is -2.16. The van der Waals surface area contributed by atoms with E-state index in [1.54, 1.807) is 0 Å². The van der Waals surface area contributed by atoms with Gasteiger partial charge in [-0.15, -0.1) is 24.0 Å². The van der Waals surface area contributed by atoms with E-state index in [9.17, 15) is 4.79 Å². The maximum Gasteiger partial charge on any atom is 0.222 e. The number of amides is 1. The Morgan fingerprint density at radius 3 is 2.88 bits per heavy atom. The third-order valence-corrected chi connectivity index (χ3v) is 4.28. The molecule has 6 nitrogen and oxygen atoms in total. The molecule has 0 radical (unpaired) electrons. The van der Waals surface area contributed by atoms with Crippen LogP contribution in [-0.4, -0.2) is 42.9 Å². The minimum absolute atomic E-state index is 0. The highest BCUT2D eigenvalue weighted by atomic mass is 127. The van der Waals surface area contributed by atoms with Crippen molar-refractivity contribution in [3.63, 3.8) is 0 Å². The Morgan fingerprint density at radius 2 is 2.15 bits per heavy atom. The number of aliphatic imine (C=N–C) groups is 1. The number of benzene rings is 1. The first-order valence-corrected chi connectivity index (χ1v) is 9.03. The van der Waals surface area contributed by atoms with Gasteiger partial charge in [-0.3, -0.25) is 4.79 Å².